The molecule has 0 aliphatic rings. The fraction of sp³-hybridized carbons (Fsp3) is 0.625. The number of hydrogen-bond acceptors (Lipinski definition) is 1. The molecule has 0 saturated carbocycles. The molecule has 2 nitrogen and oxygen atoms in total. The number of rotatable bonds is 6. The van der Waals surface area contributed by atoms with Crippen LogP contribution in [0.15, 0.2) is 12.7 Å². The molecule has 82 valence electrons. The van der Waals surface area contributed by atoms with Crippen molar-refractivity contribution in [2.24, 2.45) is 0 Å². The van der Waals surface area contributed by atoms with Crippen molar-refractivity contribution in [2.75, 3.05) is 6.54 Å². The number of amides is 1. The number of carbonyl (C=O) groups excluding carboxylic acids is 1. The van der Waals surface area contributed by atoms with Gasteiger partial charge in [0.1, 0.15) is 0 Å². The topological polar surface area (TPSA) is 29.1 Å². The van der Waals surface area contributed by atoms with E-state index in [1.54, 1.807) is 6.08 Å². The van der Waals surface area contributed by atoms with Crippen LogP contribution < -0.4 is 5.32 Å². The van der Waals surface area contributed by atoms with E-state index in [-0.39, 0.29) is 6.54 Å². The van der Waals surface area contributed by atoms with Crippen molar-refractivity contribution >= 4 is 20.9 Å². The van der Waals surface area contributed by atoms with Gasteiger partial charge >= 0.3 is 86.6 Å². The normalized spacial score (nSPS) is 11.1. The average molecular weight is 274 g/mol. The van der Waals surface area contributed by atoms with Crippen LogP contribution in [0.4, 0.5) is 13.2 Å². The van der Waals surface area contributed by atoms with E-state index in [2.05, 4.69) is 6.58 Å². The van der Waals surface area contributed by atoms with Gasteiger partial charge in [-0.3, -0.25) is 0 Å². The summed E-state index contributed by atoms with van der Waals surface area (Å²) in [5.41, 5.74) is 0. The minimum atomic E-state index is -4.76. The Morgan fingerprint density at radius 1 is 1.50 bits per heavy atom. The van der Waals surface area contributed by atoms with Gasteiger partial charge in [0.15, 0.2) is 0 Å². The summed E-state index contributed by atoms with van der Waals surface area (Å²) >= 11 is 0.394. The van der Waals surface area contributed by atoms with E-state index in [1.165, 1.54) is 0 Å². The molecule has 1 N–H and O–H groups in total. The van der Waals surface area contributed by atoms with Crippen molar-refractivity contribution in [3.05, 3.63) is 12.7 Å². The first-order valence-corrected chi connectivity index (χ1v) is 6.44. The van der Waals surface area contributed by atoms with E-state index in [4.69, 9.17) is 0 Å². The molecule has 0 atom stereocenters. The first-order valence-electron chi connectivity index (χ1n) is 4.02. The van der Waals surface area contributed by atoms with Gasteiger partial charge in [0, 0.05) is 0 Å². The molecular weight excluding hydrogens is 262 g/mol. The van der Waals surface area contributed by atoms with E-state index >= 15 is 0 Å². The first kappa shape index (κ1) is 13.5. The van der Waals surface area contributed by atoms with Gasteiger partial charge in [-0.1, -0.05) is 0 Å². The number of alkyl halides is 3. The van der Waals surface area contributed by atoms with Gasteiger partial charge < -0.3 is 0 Å². The van der Waals surface area contributed by atoms with Crippen molar-refractivity contribution in [1.82, 2.24) is 5.32 Å². The van der Waals surface area contributed by atoms with Crippen LogP contribution in [0.1, 0.15) is 6.42 Å². The summed E-state index contributed by atoms with van der Waals surface area (Å²) in [7, 11) is 0. The van der Waals surface area contributed by atoms with Crippen LogP contribution in [0, 0.1) is 0 Å². The van der Waals surface area contributed by atoms with Gasteiger partial charge in [-0.05, 0) is 0 Å². The third-order valence-electron chi connectivity index (χ3n) is 1.24. The third kappa shape index (κ3) is 6.97. The SMILES string of the molecule is C=CC[Se]CCCNC(=O)C(F)(F)F. The maximum absolute atomic E-state index is 11.7. The Morgan fingerprint density at radius 2 is 2.14 bits per heavy atom. The monoisotopic (exact) mass is 275 g/mol. The van der Waals surface area contributed by atoms with Crippen LogP contribution in [0.3, 0.4) is 0 Å². The molecule has 0 aliphatic carbocycles. The van der Waals surface area contributed by atoms with Crippen LogP contribution in [-0.4, -0.2) is 33.6 Å². The number of allylic oxidation sites excluding steroid dienone is 1. The van der Waals surface area contributed by atoms with Gasteiger partial charge in [-0.2, -0.15) is 0 Å². The van der Waals surface area contributed by atoms with Crippen LogP contribution in [0.2, 0.25) is 10.6 Å². The van der Waals surface area contributed by atoms with Gasteiger partial charge in [-0.25, -0.2) is 0 Å². The van der Waals surface area contributed by atoms with Crippen LogP contribution >= 0.6 is 0 Å². The zero-order valence-corrected chi connectivity index (χ0v) is 9.28. The van der Waals surface area contributed by atoms with Crippen molar-refractivity contribution in [3.63, 3.8) is 0 Å². The predicted octanol–water partition coefficient (Wildman–Crippen LogP) is 1.78. The van der Waals surface area contributed by atoms with Crippen LogP contribution in [-0.2, 0) is 4.79 Å². The Bertz CT molecular complexity index is 194. The molecule has 0 saturated heterocycles. The van der Waals surface area contributed by atoms with Crippen LogP contribution in [0.5, 0.6) is 0 Å². The van der Waals surface area contributed by atoms with Crippen LogP contribution in [0.25, 0.3) is 0 Å². The Labute approximate surface area is 87.1 Å². The summed E-state index contributed by atoms with van der Waals surface area (Å²) in [4.78, 5) is 10.3. The maximum atomic E-state index is 11.7. The molecule has 0 heterocycles. The standard InChI is InChI=1S/C8H12F3NOSe/c1-2-5-14-6-3-4-12-7(13)8(9,10)11/h2H,1,3-6H2,(H,12,13). The summed E-state index contributed by atoms with van der Waals surface area (Å²) in [5.74, 6) is -1.85. The Balaban J connectivity index is 3.37. The zero-order chi connectivity index (χ0) is 11.0. The van der Waals surface area contributed by atoms with Gasteiger partial charge in [0.2, 0.25) is 0 Å². The summed E-state index contributed by atoms with van der Waals surface area (Å²) < 4.78 is 35.0. The van der Waals surface area contributed by atoms with Crippen molar-refractivity contribution in [1.29, 1.82) is 0 Å². The third-order valence-corrected chi connectivity index (χ3v) is 3.44. The molecule has 0 radical (unpaired) electrons. The average Bonchev–Trinajstić information content (AvgIpc) is 2.09. The Hall–Kier alpha value is -0.481. The quantitative estimate of drug-likeness (QED) is 0.446. The van der Waals surface area contributed by atoms with Crippen molar-refractivity contribution in [3.8, 4) is 0 Å². The molecule has 0 aliphatic heterocycles. The van der Waals surface area contributed by atoms with Gasteiger partial charge in [-0.15, -0.1) is 0 Å². The van der Waals surface area contributed by atoms with E-state index < -0.39 is 12.1 Å². The second-order valence-electron chi connectivity index (χ2n) is 2.47. The first-order chi connectivity index (χ1) is 6.48. The summed E-state index contributed by atoms with van der Waals surface area (Å²) in [6.45, 7) is 3.63. The molecule has 1 amide bonds. The number of carbonyl (C=O) groups is 1. The Kier molecular flexibility index (Phi) is 6.66. The molecule has 0 aromatic heterocycles. The Morgan fingerprint density at radius 3 is 2.64 bits per heavy atom. The minimum absolute atomic E-state index is 0.0945. The molecule has 6 heteroatoms. The fourth-order valence-corrected chi connectivity index (χ4v) is 2.07. The van der Waals surface area contributed by atoms with E-state index in [1.807, 2.05) is 5.32 Å². The summed E-state index contributed by atoms with van der Waals surface area (Å²) in [6.07, 6.45) is -2.38. The van der Waals surface area contributed by atoms with Crippen molar-refractivity contribution in [2.45, 2.75) is 23.2 Å². The molecule has 0 bridgehead atoms. The van der Waals surface area contributed by atoms with Gasteiger partial charge in [0.25, 0.3) is 0 Å². The molecular formula is C8H12F3NOSe. The van der Waals surface area contributed by atoms with E-state index in [0.717, 1.165) is 10.6 Å². The summed E-state index contributed by atoms with van der Waals surface area (Å²) in [5, 5.41) is 3.59. The molecule has 0 fully saturated rings. The van der Waals surface area contributed by atoms with E-state index in [9.17, 15) is 18.0 Å². The van der Waals surface area contributed by atoms with Crippen molar-refractivity contribution < 1.29 is 18.0 Å². The van der Waals surface area contributed by atoms with E-state index in [0.29, 0.717) is 21.4 Å². The zero-order valence-electron chi connectivity index (χ0n) is 7.56. The predicted molar refractivity (Wildman–Crippen MR) is 49.2 cm³/mol. The molecule has 0 spiro atoms. The second-order valence-corrected chi connectivity index (χ2v) is 4.88. The summed E-state index contributed by atoms with van der Waals surface area (Å²) in [6, 6.07) is 0. The molecule has 14 heavy (non-hydrogen) atoms. The molecule has 0 aromatic rings. The molecule has 0 aromatic carbocycles. The number of nitrogens with one attached hydrogen (secondary N) is 1. The molecule has 0 unspecified atom stereocenters. The van der Waals surface area contributed by atoms with Gasteiger partial charge in [0.05, 0.1) is 0 Å². The number of hydrogen-bond donors (Lipinski definition) is 1. The molecule has 0 rings (SSSR count). The second kappa shape index (κ2) is 6.90. The number of halogens is 3. The fourth-order valence-electron chi connectivity index (χ4n) is 0.643.